The Kier molecular flexibility index (Phi) is 9.15. The van der Waals surface area contributed by atoms with Crippen molar-refractivity contribution < 1.29 is 23.9 Å². The molecule has 1 heterocycles. The van der Waals surface area contributed by atoms with Crippen LogP contribution < -0.4 is 15.5 Å². The molecular formula is C28H28ClN3O5S. The first-order chi connectivity index (χ1) is 18.3. The van der Waals surface area contributed by atoms with Crippen LogP contribution in [-0.4, -0.2) is 30.6 Å². The van der Waals surface area contributed by atoms with Crippen LogP contribution in [0.15, 0.2) is 53.6 Å². The van der Waals surface area contributed by atoms with Gasteiger partial charge in [0, 0.05) is 9.90 Å². The third kappa shape index (κ3) is 6.99. The average Bonchev–Trinajstić information content (AvgIpc) is 3.25. The van der Waals surface area contributed by atoms with Gasteiger partial charge in [0.05, 0.1) is 18.4 Å². The van der Waals surface area contributed by atoms with E-state index in [9.17, 15) is 14.4 Å². The Morgan fingerprint density at radius 3 is 2.71 bits per heavy atom. The van der Waals surface area contributed by atoms with Gasteiger partial charge in [-0.25, -0.2) is 10.2 Å². The molecule has 0 fully saturated rings. The fourth-order valence-corrected chi connectivity index (χ4v) is 5.59. The van der Waals surface area contributed by atoms with Crippen molar-refractivity contribution >= 4 is 51.9 Å². The van der Waals surface area contributed by atoms with Crippen LogP contribution in [0.4, 0.5) is 5.00 Å². The number of benzene rings is 2. The zero-order chi connectivity index (χ0) is 27.1. The number of esters is 1. The maximum absolute atomic E-state index is 12.6. The number of amides is 2. The topological polar surface area (TPSA) is 106 Å². The first-order valence-electron chi connectivity index (χ1n) is 12.3. The second-order valence-electron chi connectivity index (χ2n) is 8.92. The molecule has 2 N–H and O–H groups in total. The van der Waals surface area contributed by atoms with Gasteiger partial charge in [-0.15, -0.1) is 11.3 Å². The van der Waals surface area contributed by atoms with Crippen molar-refractivity contribution in [1.82, 2.24) is 5.43 Å². The Morgan fingerprint density at radius 2 is 1.95 bits per heavy atom. The summed E-state index contributed by atoms with van der Waals surface area (Å²) in [6, 6.07) is 14.5. The molecule has 1 unspecified atom stereocenters. The molecule has 0 saturated carbocycles. The molecule has 0 saturated heterocycles. The van der Waals surface area contributed by atoms with Gasteiger partial charge in [0.15, 0.2) is 0 Å². The minimum absolute atomic E-state index is 0.218. The lowest BCUT2D eigenvalue weighted by Crippen LogP contribution is -2.32. The summed E-state index contributed by atoms with van der Waals surface area (Å²) in [6.07, 6.45) is 3.92. The van der Waals surface area contributed by atoms with E-state index in [4.69, 9.17) is 21.1 Å². The second kappa shape index (κ2) is 12.7. The average molecular weight is 554 g/mol. The highest BCUT2D eigenvalue weighted by Crippen LogP contribution is 2.40. The number of carbonyl (C=O) groups is 3. The molecule has 38 heavy (non-hydrogen) atoms. The number of thiophene rings is 1. The van der Waals surface area contributed by atoms with Crippen LogP contribution in [0.2, 0.25) is 5.02 Å². The summed E-state index contributed by atoms with van der Waals surface area (Å²) < 4.78 is 11.0. The number of halogens is 1. The molecule has 0 radical (unpaired) electrons. The van der Waals surface area contributed by atoms with Gasteiger partial charge in [-0.1, -0.05) is 42.8 Å². The van der Waals surface area contributed by atoms with Crippen LogP contribution in [-0.2, 0) is 33.8 Å². The standard InChI is InChI=1S/C28H28ClN3O5S/c1-3-36-28(35)24-22-12-7-17(2)13-23(22)38-27(24)31-25(33)26(34)32-30-15-19-5-4-6-21(14-19)37-16-18-8-10-20(29)11-9-18/h4-6,8-11,14-15,17H,3,7,12-13,16H2,1-2H3,(H,31,33)(H,32,34)/b30-15+. The molecule has 0 aliphatic heterocycles. The SMILES string of the molecule is CCOC(=O)c1c(NC(=O)C(=O)N/N=C/c2cccc(OCc3ccc(Cl)cc3)c2)sc2c1CCC(C)C2. The Hall–Kier alpha value is -3.69. The van der Waals surface area contributed by atoms with E-state index in [2.05, 4.69) is 22.8 Å². The number of fused-ring (bicyclic) bond motifs is 1. The number of rotatable bonds is 8. The van der Waals surface area contributed by atoms with Gasteiger partial charge < -0.3 is 14.8 Å². The highest BCUT2D eigenvalue weighted by Gasteiger charge is 2.30. The number of nitrogens with zero attached hydrogens (tertiary/aromatic N) is 1. The van der Waals surface area contributed by atoms with Crippen LogP contribution in [0.25, 0.3) is 0 Å². The van der Waals surface area contributed by atoms with Crippen LogP contribution in [0, 0.1) is 5.92 Å². The lowest BCUT2D eigenvalue weighted by Gasteiger charge is -2.18. The summed E-state index contributed by atoms with van der Waals surface area (Å²) in [5.41, 5.74) is 5.12. The van der Waals surface area contributed by atoms with Gasteiger partial charge in [0.1, 0.15) is 17.4 Å². The van der Waals surface area contributed by atoms with Crippen LogP contribution in [0.1, 0.15) is 52.2 Å². The second-order valence-corrected chi connectivity index (χ2v) is 10.5. The zero-order valence-corrected chi connectivity index (χ0v) is 22.7. The summed E-state index contributed by atoms with van der Waals surface area (Å²) >= 11 is 7.23. The number of hydrogen-bond acceptors (Lipinski definition) is 7. The summed E-state index contributed by atoms with van der Waals surface area (Å²) in [6.45, 7) is 4.46. The maximum atomic E-state index is 12.6. The molecule has 0 bridgehead atoms. The fraction of sp³-hybridized carbons (Fsp3) is 0.286. The fourth-order valence-electron chi connectivity index (χ4n) is 4.07. The summed E-state index contributed by atoms with van der Waals surface area (Å²) in [4.78, 5) is 38.7. The molecule has 4 rings (SSSR count). The molecule has 1 aliphatic rings. The number of hydrazone groups is 1. The van der Waals surface area contributed by atoms with Crippen LogP contribution >= 0.6 is 22.9 Å². The molecule has 1 aliphatic carbocycles. The maximum Gasteiger partial charge on any atom is 0.341 e. The van der Waals surface area contributed by atoms with Crippen molar-refractivity contribution in [2.24, 2.45) is 11.0 Å². The molecular weight excluding hydrogens is 526 g/mol. The molecule has 8 nitrogen and oxygen atoms in total. The predicted octanol–water partition coefficient (Wildman–Crippen LogP) is 5.37. The first-order valence-corrected chi connectivity index (χ1v) is 13.5. The summed E-state index contributed by atoms with van der Waals surface area (Å²) in [5, 5.41) is 7.46. The zero-order valence-electron chi connectivity index (χ0n) is 21.1. The van der Waals surface area contributed by atoms with Gasteiger partial charge in [-0.05, 0) is 73.1 Å². The normalized spacial score (nSPS) is 14.6. The molecule has 1 aromatic heterocycles. The van der Waals surface area contributed by atoms with Crippen molar-refractivity contribution in [3.05, 3.63) is 80.7 Å². The summed E-state index contributed by atoms with van der Waals surface area (Å²) in [7, 11) is 0. The Morgan fingerprint density at radius 1 is 1.16 bits per heavy atom. The lowest BCUT2D eigenvalue weighted by molar-refractivity contribution is -0.136. The van der Waals surface area contributed by atoms with E-state index in [0.717, 1.165) is 35.3 Å². The molecule has 10 heteroatoms. The van der Waals surface area contributed by atoms with Gasteiger partial charge >= 0.3 is 17.8 Å². The number of anilines is 1. The third-order valence-corrected chi connectivity index (χ3v) is 7.40. The monoisotopic (exact) mass is 553 g/mol. The van der Waals surface area contributed by atoms with Crippen LogP contribution in [0.3, 0.4) is 0 Å². The van der Waals surface area contributed by atoms with Crippen molar-refractivity contribution in [3.63, 3.8) is 0 Å². The van der Waals surface area contributed by atoms with E-state index in [-0.39, 0.29) is 6.61 Å². The largest absolute Gasteiger partial charge is 0.489 e. The Balaban J connectivity index is 1.36. The quantitative estimate of drug-likeness (QED) is 0.169. The van der Waals surface area contributed by atoms with Crippen LogP contribution in [0.5, 0.6) is 5.75 Å². The van der Waals surface area contributed by atoms with E-state index in [1.54, 1.807) is 37.3 Å². The minimum atomic E-state index is -0.953. The molecule has 2 amide bonds. The van der Waals surface area contributed by atoms with Gasteiger partial charge in [0.2, 0.25) is 0 Å². The molecule has 2 aromatic carbocycles. The number of ether oxygens (including phenoxy) is 2. The van der Waals surface area contributed by atoms with E-state index < -0.39 is 17.8 Å². The molecule has 198 valence electrons. The number of nitrogens with one attached hydrogen (secondary N) is 2. The number of hydrogen-bond donors (Lipinski definition) is 2. The highest BCUT2D eigenvalue weighted by molar-refractivity contribution is 7.17. The van der Waals surface area contributed by atoms with Crippen molar-refractivity contribution in [2.75, 3.05) is 11.9 Å². The van der Waals surface area contributed by atoms with Crippen molar-refractivity contribution in [1.29, 1.82) is 0 Å². The van der Waals surface area contributed by atoms with E-state index in [1.165, 1.54) is 17.6 Å². The first kappa shape index (κ1) is 27.3. The van der Waals surface area contributed by atoms with Gasteiger partial charge in [0.25, 0.3) is 0 Å². The van der Waals surface area contributed by atoms with Gasteiger partial charge in [-0.2, -0.15) is 5.10 Å². The van der Waals surface area contributed by atoms with Crippen molar-refractivity contribution in [2.45, 2.75) is 39.7 Å². The number of carbonyl (C=O) groups excluding carboxylic acids is 3. The van der Waals surface area contributed by atoms with E-state index >= 15 is 0 Å². The molecule has 1 atom stereocenters. The van der Waals surface area contributed by atoms with Gasteiger partial charge in [-0.3, -0.25) is 9.59 Å². The highest BCUT2D eigenvalue weighted by atomic mass is 35.5. The van der Waals surface area contributed by atoms with E-state index in [0.29, 0.717) is 39.4 Å². The summed E-state index contributed by atoms with van der Waals surface area (Å²) in [5.74, 6) is -1.26. The predicted molar refractivity (Wildman–Crippen MR) is 148 cm³/mol. The Bertz CT molecular complexity index is 1350. The molecule has 0 spiro atoms. The van der Waals surface area contributed by atoms with Crippen molar-refractivity contribution in [3.8, 4) is 5.75 Å². The molecule has 3 aromatic rings. The smallest absolute Gasteiger partial charge is 0.341 e. The lowest BCUT2D eigenvalue weighted by atomic mass is 9.88. The van der Waals surface area contributed by atoms with E-state index in [1.807, 2.05) is 18.2 Å². The third-order valence-electron chi connectivity index (χ3n) is 5.98. The minimum Gasteiger partial charge on any atom is -0.489 e. The Labute approximate surface area is 230 Å².